The van der Waals surface area contributed by atoms with Crippen LogP contribution < -0.4 is 10.1 Å². The molecule has 2 N–H and O–H groups in total. The van der Waals surface area contributed by atoms with Gasteiger partial charge in [0.1, 0.15) is 11.9 Å². The fraction of sp³-hybridized carbons (Fsp3) is 0.250. The lowest BCUT2D eigenvalue weighted by molar-refractivity contribution is -0.136. The molecule has 11 heteroatoms. The highest BCUT2D eigenvalue weighted by atomic mass is 32.2. The highest BCUT2D eigenvalue weighted by Gasteiger charge is 2.30. The molecule has 1 aliphatic rings. The predicted molar refractivity (Wildman–Crippen MR) is 158 cm³/mol. The number of imidazole rings is 1. The van der Waals surface area contributed by atoms with Gasteiger partial charge in [0.25, 0.3) is 5.91 Å². The van der Waals surface area contributed by atoms with Crippen molar-refractivity contribution in [2.75, 3.05) is 6.54 Å². The molecule has 1 aromatic heterocycles. The number of aromatic nitrogens is 2. The van der Waals surface area contributed by atoms with Gasteiger partial charge < -0.3 is 19.7 Å². The Bertz CT molecular complexity index is 1740. The molecule has 0 fully saturated rings. The van der Waals surface area contributed by atoms with Crippen LogP contribution in [-0.4, -0.2) is 47.3 Å². The number of ketones is 1. The van der Waals surface area contributed by atoms with E-state index in [9.17, 15) is 22.8 Å². The van der Waals surface area contributed by atoms with Crippen LogP contribution in [-0.2, 0) is 33.4 Å². The fourth-order valence-electron chi connectivity index (χ4n) is 5.24. The number of nitrogens with one attached hydrogen (secondary N) is 1. The summed E-state index contributed by atoms with van der Waals surface area (Å²) < 4.78 is 36.5. The van der Waals surface area contributed by atoms with Gasteiger partial charge in [0.2, 0.25) is 0 Å². The highest BCUT2D eigenvalue weighted by Crippen LogP contribution is 2.37. The van der Waals surface area contributed by atoms with E-state index in [0.717, 1.165) is 5.56 Å². The summed E-state index contributed by atoms with van der Waals surface area (Å²) in [6.45, 7) is 0.262. The van der Waals surface area contributed by atoms with Crippen LogP contribution in [0.5, 0.6) is 5.75 Å². The molecule has 0 aliphatic heterocycles. The lowest BCUT2D eigenvalue weighted by Gasteiger charge is -2.26. The van der Waals surface area contributed by atoms with Gasteiger partial charge in [-0.05, 0) is 48.2 Å². The van der Waals surface area contributed by atoms with Crippen molar-refractivity contribution < 1.29 is 32.6 Å². The second-order valence-electron chi connectivity index (χ2n) is 10.3. The van der Waals surface area contributed by atoms with Gasteiger partial charge in [0.05, 0.1) is 35.5 Å². The van der Waals surface area contributed by atoms with Gasteiger partial charge in [0, 0.05) is 36.5 Å². The first-order valence-corrected chi connectivity index (χ1v) is 15.5. The molecule has 43 heavy (non-hydrogen) atoms. The van der Waals surface area contributed by atoms with Crippen molar-refractivity contribution >= 4 is 27.5 Å². The summed E-state index contributed by atoms with van der Waals surface area (Å²) in [5.74, 6) is -1.98. The van der Waals surface area contributed by atoms with Crippen LogP contribution in [0.3, 0.4) is 0 Å². The molecule has 4 aromatic rings. The molecule has 3 aromatic carbocycles. The minimum atomic E-state index is -4.14. The number of carboxylic acid groups (broad SMARTS) is 1. The summed E-state index contributed by atoms with van der Waals surface area (Å²) in [5, 5.41) is 11.4. The van der Waals surface area contributed by atoms with Crippen LogP contribution in [0.15, 0.2) is 90.3 Å². The van der Waals surface area contributed by atoms with E-state index in [0.29, 0.717) is 48.2 Å². The number of ether oxygens (including phenoxy) is 1. The Hall–Kier alpha value is -4.77. The number of fused-ring (bicyclic) bond motifs is 1. The van der Waals surface area contributed by atoms with Crippen LogP contribution >= 0.6 is 0 Å². The van der Waals surface area contributed by atoms with Crippen molar-refractivity contribution in [1.82, 2.24) is 14.9 Å². The predicted octanol–water partition coefficient (Wildman–Crippen LogP) is 4.40. The number of nitrogens with zero attached hydrogens (tertiary/aromatic N) is 2. The first-order valence-electron chi connectivity index (χ1n) is 13.9. The molecule has 0 bridgehead atoms. The van der Waals surface area contributed by atoms with Gasteiger partial charge >= 0.3 is 5.97 Å². The molecule has 1 aliphatic carbocycles. The second kappa shape index (κ2) is 13.0. The summed E-state index contributed by atoms with van der Waals surface area (Å²) in [5.41, 5.74) is 2.29. The summed E-state index contributed by atoms with van der Waals surface area (Å²) >= 11 is 0. The van der Waals surface area contributed by atoms with E-state index in [1.807, 2.05) is 41.1 Å². The zero-order valence-corrected chi connectivity index (χ0v) is 24.1. The van der Waals surface area contributed by atoms with Crippen LogP contribution in [0.1, 0.15) is 62.8 Å². The number of rotatable bonds is 12. The Morgan fingerprint density at radius 2 is 1.79 bits per heavy atom. The normalized spacial score (nSPS) is 13.6. The minimum absolute atomic E-state index is 0.0531. The fourth-order valence-corrected chi connectivity index (χ4v) is 6.87. The average Bonchev–Trinajstić information content (AvgIpc) is 3.51. The Morgan fingerprint density at radius 3 is 2.53 bits per heavy atom. The number of benzene rings is 3. The van der Waals surface area contributed by atoms with Crippen LogP contribution in [0.4, 0.5) is 0 Å². The molecule has 0 spiro atoms. The van der Waals surface area contributed by atoms with Crippen LogP contribution in [0, 0.1) is 0 Å². The van der Waals surface area contributed by atoms with Crippen LogP contribution in [0.25, 0.3) is 0 Å². The van der Waals surface area contributed by atoms with E-state index in [-0.39, 0.29) is 29.2 Å². The number of Topliss-reactive ketones (excluding diaryl/α,β-unsaturated/α-hetero) is 1. The third-order valence-electron chi connectivity index (χ3n) is 7.32. The van der Waals surface area contributed by atoms with Crippen molar-refractivity contribution in [1.29, 1.82) is 0 Å². The molecular formula is C32H31N3O7S. The lowest BCUT2D eigenvalue weighted by Crippen LogP contribution is -2.27. The molecule has 1 unspecified atom stereocenters. The van der Waals surface area contributed by atoms with E-state index >= 15 is 0 Å². The standard InChI is InChI=1S/C32H31N3O7S/c36-27-11-6-10-23-24(27)13-14-28(42-29(19-35-18-17-33-21-35)22-7-2-1-3-8-22)26(23)20-43(40,41)30-12-5-4-9-25(30)32(39)34-16-15-31(37)38/h1-5,7-9,12-14,17-18,21,29H,6,10-11,15-16,19-20H2,(H,34,39)(H,37,38). The van der Waals surface area contributed by atoms with Crippen molar-refractivity contribution in [2.24, 2.45) is 0 Å². The molecule has 5 rings (SSSR count). The first kappa shape index (κ1) is 29.7. The Balaban J connectivity index is 1.54. The smallest absolute Gasteiger partial charge is 0.305 e. The number of hydrogen-bond donors (Lipinski definition) is 2. The van der Waals surface area contributed by atoms with Gasteiger partial charge in [-0.25, -0.2) is 13.4 Å². The Morgan fingerprint density at radius 1 is 1.02 bits per heavy atom. The minimum Gasteiger partial charge on any atom is -0.484 e. The molecule has 1 amide bonds. The second-order valence-corrected chi connectivity index (χ2v) is 12.2. The average molecular weight is 602 g/mol. The molecule has 10 nitrogen and oxygen atoms in total. The molecule has 0 saturated heterocycles. The third kappa shape index (κ3) is 7.00. The maximum Gasteiger partial charge on any atom is 0.305 e. The first-order chi connectivity index (χ1) is 20.7. The maximum atomic E-state index is 14.0. The largest absolute Gasteiger partial charge is 0.484 e. The molecule has 222 valence electrons. The van der Waals surface area contributed by atoms with Crippen molar-refractivity contribution in [3.8, 4) is 5.75 Å². The van der Waals surface area contributed by atoms with Gasteiger partial charge in [-0.3, -0.25) is 14.4 Å². The molecular weight excluding hydrogens is 570 g/mol. The zero-order valence-electron chi connectivity index (χ0n) is 23.3. The summed E-state index contributed by atoms with van der Waals surface area (Å²) in [4.78, 5) is 40.6. The Kier molecular flexibility index (Phi) is 9.01. The zero-order chi connectivity index (χ0) is 30.4. The topological polar surface area (TPSA) is 145 Å². The van der Waals surface area contributed by atoms with E-state index < -0.39 is 33.6 Å². The quantitative estimate of drug-likeness (QED) is 0.243. The highest BCUT2D eigenvalue weighted by molar-refractivity contribution is 7.90. The Labute approximate surface area is 249 Å². The number of aliphatic carboxylic acids is 1. The van der Waals surface area contributed by atoms with Crippen molar-refractivity contribution in [3.63, 3.8) is 0 Å². The molecule has 1 heterocycles. The number of hydrogen-bond acceptors (Lipinski definition) is 7. The van der Waals surface area contributed by atoms with E-state index in [2.05, 4.69) is 10.3 Å². The summed E-state index contributed by atoms with van der Waals surface area (Å²) in [6.07, 6.45) is 5.84. The monoisotopic (exact) mass is 601 g/mol. The van der Waals surface area contributed by atoms with Crippen molar-refractivity contribution in [2.45, 2.75) is 49.0 Å². The van der Waals surface area contributed by atoms with Gasteiger partial charge in [-0.1, -0.05) is 42.5 Å². The number of carboxylic acids is 1. The summed E-state index contributed by atoms with van der Waals surface area (Å²) in [7, 11) is -4.14. The number of carbonyl (C=O) groups excluding carboxylic acids is 2. The van der Waals surface area contributed by atoms with Crippen LogP contribution in [0.2, 0.25) is 0 Å². The van der Waals surface area contributed by atoms with E-state index in [4.69, 9.17) is 9.84 Å². The molecule has 1 atom stereocenters. The third-order valence-corrected chi connectivity index (χ3v) is 9.02. The number of carbonyl (C=O) groups is 3. The van der Waals surface area contributed by atoms with Crippen molar-refractivity contribution in [3.05, 3.63) is 113 Å². The maximum absolute atomic E-state index is 14.0. The lowest BCUT2D eigenvalue weighted by atomic mass is 9.87. The van der Waals surface area contributed by atoms with Gasteiger partial charge in [-0.2, -0.15) is 0 Å². The van der Waals surface area contributed by atoms with E-state index in [1.165, 1.54) is 18.2 Å². The number of amides is 1. The van der Waals surface area contributed by atoms with Gasteiger partial charge in [0.15, 0.2) is 15.6 Å². The molecule has 0 radical (unpaired) electrons. The number of sulfone groups is 1. The molecule has 0 saturated carbocycles. The van der Waals surface area contributed by atoms with E-state index in [1.54, 1.807) is 30.7 Å². The SMILES string of the molecule is O=C(O)CCNC(=O)c1ccccc1S(=O)(=O)Cc1c(OC(Cn2ccnc2)c2ccccc2)ccc2c1CCCC2=O. The summed E-state index contributed by atoms with van der Waals surface area (Å²) in [6, 6.07) is 18.7. The van der Waals surface area contributed by atoms with Gasteiger partial charge in [-0.15, -0.1) is 0 Å².